The Hall–Kier alpha value is -2.68. The molecule has 0 amide bonds. The van der Waals surface area contributed by atoms with Gasteiger partial charge in [0.1, 0.15) is 21.9 Å². The van der Waals surface area contributed by atoms with Gasteiger partial charge in [-0.05, 0) is 24.3 Å². The van der Waals surface area contributed by atoms with Crippen LogP contribution in [-0.2, 0) is 6.54 Å². The molecule has 124 valence electrons. The molecule has 1 aromatic heterocycles. The first-order valence-electron chi connectivity index (χ1n) is 8.62. The van der Waals surface area contributed by atoms with Crippen LogP contribution in [0.2, 0.25) is 0 Å². The van der Waals surface area contributed by atoms with Gasteiger partial charge in [0, 0.05) is 34.0 Å². The number of halogens is 1. The Morgan fingerprint density at radius 2 is 1.42 bits per heavy atom. The average molecular weight is 338 g/mol. The fourth-order valence-corrected chi connectivity index (χ4v) is 3.38. The third kappa shape index (κ3) is 3.22. The van der Waals surface area contributed by atoms with E-state index in [2.05, 4.69) is 5.32 Å². The van der Waals surface area contributed by atoms with Gasteiger partial charge in [0.05, 0.1) is 6.54 Å². The molecule has 4 aromatic rings. The van der Waals surface area contributed by atoms with E-state index in [-0.39, 0.29) is 13.1 Å². The van der Waals surface area contributed by atoms with Crippen LogP contribution >= 0.6 is 0 Å². The number of hydrogen-bond donors (Lipinski definition) is 1. The number of rotatable bonds is 5. The molecule has 0 aliphatic rings. The van der Waals surface area contributed by atoms with Gasteiger partial charge in [0.15, 0.2) is 0 Å². The molecule has 1 unspecified atom stereocenters. The molecular formula is C21H17B2FN2. The maximum atomic E-state index is 14.7. The Morgan fingerprint density at radius 3 is 2.00 bits per heavy atom. The number of nitrogens with zero attached hydrogens (tertiary/aromatic N) is 1. The molecule has 26 heavy (non-hydrogen) atoms. The average Bonchev–Trinajstić information content (AvgIpc) is 2.93. The maximum absolute atomic E-state index is 14.7. The summed E-state index contributed by atoms with van der Waals surface area (Å²) in [5, 5.41) is 5.13. The minimum atomic E-state index is -1.04. The number of aromatic nitrogens is 1. The van der Waals surface area contributed by atoms with Crippen molar-refractivity contribution in [1.29, 1.82) is 0 Å². The second-order valence-corrected chi connectivity index (χ2v) is 6.51. The fraction of sp³-hybridized carbons (Fsp3) is 0.143. The highest BCUT2D eigenvalue weighted by Crippen LogP contribution is 2.28. The number of nitrogens with one attached hydrogen (secondary N) is 1. The Morgan fingerprint density at radius 1 is 0.846 bits per heavy atom. The first-order chi connectivity index (χ1) is 12.6. The van der Waals surface area contributed by atoms with E-state index in [1.54, 1.807) is 0 Å². The fourth-order valence-electron chi connectivity index (χ4n) is 3.38. The molecule has 3 aromatic carbocycles. The van der Waals surface area contributed by atoms with Crippen molar-refractivity contribution in [1.82, 2.24) is 4.57 Å². The molecule has 0 aliphatic heterocycles. The Kier molecular flexibility index (Phi) is 4.46. The molecule has 5 heteroatoms. The first-order valence-corrected chi connectivity index (χ1v) is 8.62. The summed E-state index contributed by atoms with van der Waals surface area (Å²) >= 11 is 0. The van der Waals surface area contributed by atoms with E-state index in [1.807, 2.05) is 71.3 Å². The summed E-state index contributed by atoms with van der Waals surface area (Å²) in [7, 11) is 11.9. The third-order valence-corrected chi connectivity index (χ3v) is 4.60. The van der Waals surface area contributed by atoms with Crippen molar-refractivity contribution < 1.29 is 4.39 Å². The monoisotopic (exact) mass is 338 g/mol. The minimum absolute atomic E-state index is 0.245. The van der Waals surface area contributed by atoms with Gasteiger partial charge in [0.2, 0.25) is 0 Å². The van der Waals surface area contributed by atoms with Crippen molar-refractivity contribution in [2.75, 3.05) is 11.9 Å². The lowest BCUT2D eigenvalue weighted by Crippen LogP contribution is -2.21. The SMILES string of the molecule is [B]c1ccc2c(c1)c1cc([B])ccc1n2CC(F)CNc1ccccc1. The molecule has 0 saturated heterocycles. The molecule has 0 saturated carbocycles. The third-order valence-electron chi connectivity index (χ3n) is 4.60. The first kappa shape index (κ1) is 16.8. The standard InChI is InChI=1S/C21H17B2FN2/c22-14-6-8-20-18(10-14)19-11-15(23)7-9-21(19)26(20)13-16(24)12-25-17-4-2-1-3-5-17/h1-11,16,25H,12-13H2. The number of para-hydroxylation sites is 1. The number of benzene rings is 3. The van der Waals surface area contributed by atoms with Crippen LogP contribution in [0.25, 0.3) is 21.8 Å². The van der Waals surface area contributed by atoms with Crippen LogP contribution in [0.5, 0.6) is 0 Å². The summed E-state index contributed by atoms with van der Waals surface area (Å²) in [4.78, 5) is 0. The lowest BCUT2D eigenvalue weighted by molar-refractivity contribution is 0.316. The zero-order valence-corrected chi connectivity index (χ0v) is 14.3. The molecule has 0 bridgehead atoms. The molecule has 4 radical (unpaired) electrons. The van der Waals surface area contributed by atoms with Gasteiger partial charge in [0.25, 0.3) is 0 Å². The largest absolute Gasteiger partial charge is 0.382 e. The zero-order valence-electron chi connectivity index (χ0n) is 14.3. The smallest absolute Gasteiger partial charge is 0.135 e. The molecule has 0 aliphatic carbocycles. The highest BCUT2D eigenvalue weighted by Gasteiger charge is 2.15. The maximum Gasteiger partial charge on any atom is 0.135 e. The predicted octanol–water partition coefficient (Wildman–Crippen LogP) is 2.83. The lowest BCUT2D eigenvalue weighted by Gasteiger charge is -2.14. The molecule has 1 atom stereocenters. The zero-order chi connectivity index (χ0) is 18.1. The summed E-state index contributed by atoms with van der Waals surface area (Å²) in [6, 6.07) is 21.1. The van der Waals surface area contributed by atoms with Crippen LogP contribution in [-0.4, -0.2) is 33.0 Å². The van der Waals surface area contributed by atoms with E-state index >= 15 is 0 Å². The number of hydrogen-bond acceptors (Lipinski definition) is 1. The molecule has 1 N–H and O–H groups in total. The Bertz CT molecular complexity index is 1000. The lowest BCUT2D eigenvalue weighted by atomic mass is 9.92. The summed E-state index contributed by atoms with van der Waals surface area (Å²) in [6.45, 7) is 0.503. The molecule has 1 heterocycles. The van der Waals surface area contributed by atoms with Crippen LogP contribution in [0, 0.1) is 0 Å². The Labute approximate surface area is 154 Å². The molecule has 0 fully saturated rings. The van der Waals surface area contributed by atoms with E-state index < -0.39 is 6.17 Å². The van der Waals surface area contributed by atoms with Crippen molar-refractivity contribution in [3.8, 4) is 0 Å². The van der Waals surface area contributed by atoms with Crippen LogP contribution in [0.3, 0.4) is 0 Å². The Balaban J connectivity index is 1.66. The van der Waals surface area contributed by atoms with E-state index in [0.29, 0.717) is 10.9 Å². The van der Waals surface area contributed by atoms with Crippen LogP contribution < -0.4 is 16.2 Å². The van der Waals surface area contributed by atoms with Crippen molar-refractivity contribution >= 4 is 54.1 Å². The van der Waals surface area contributed by atoms with E-state index in [9.17, 15) is 4.39 Å². The highest BCUT2D eigenvalue weighted by atomic mass is 19.1. The van der Waals surface area contributed by atoms with Crippen molar-refractivity contribution in [2.24, 2.45) is 0 Å². The van der Waals surface area contributed by atoms with Crippen LogP contribution in [0.4, 0.5) is 10.1 Å². The molecule has 2 nitrogen and oxygen atoms in total. The van der Waals surface area contributed by atoms with Gasteiger partial charge in [-0.1, -0.05) is 53.4 Å². The topological polar surface area (TPSA) is 17.0 Å². The quantitative estimate of drug-likeness (QED) is 0.554. The van der Waals surface area contributed by atoms with Gasteiger partial charge in [-0.15, -0.1) is 0 Å². The number of fused-ring (bicyclic) bond motifs is 3. The van der Waals surface area contributed by atoms with Gasteiger partial charge in [-0.3, -0.25) is 0 Å². The molecule has 0 spiro atoms. The van der Waals surface area contributed by atoms with Gasteiger partial charge in [-0.25, -0.2) is 4.39 Å². The van der Waals surface area contributed by atoms with E-state index in [1.165, 1.54) is 0 Å². The molecular weight excluding hydrogens is 321 g/mol. The van der Waals surface area contributed by atoms with Crippen LogP contribution in [0.1, 0.15) is 0 Å². The number of alkyl halides is 1. The summed E-state index contributed by atoms with van der Waals surface area (Å²) < 4.78 is 16.7. The van der Waals surface area contributed by atoms with Crippen molar-refractivity contribution in [3.05, 3.63) is 66.7 Å². The predicted molar refractivity (Wildman–Crippen MR) is 110 cm³/mol. The minimum Gasteiger partial charge on any atom is -0.382 e. The summed E-state index contributed by atoms with van der Waals surface area (Å²) in [6.07, 6.45) is -1.04. The van der Waals surface area contributed by atoms with Crippen molar-refractivity contribution in [2.45, 2.75) is 12.7 Å². The van der Waals surface area contributed by atoms with Gasteiger partial charge >= 0.3 is 0 Å². The number of anilines is 1. The second-order valence-electron chi connectivity index (χ2n) is 6.51. The normalized spacial score (nSPS) is 12.5. The van der Waals surface area contributed by atoms with Crippen LogP contribution in [0.15, 0.2) is 66.7 Å². The summed E-state index contributed by atoms with van der Waals surface area (Å²) in [5.41, 5.74) is 4.20. The van der Waals surface area contributed by atoms with Gasteiger partial charge < -0.3 is 9.88 Å². The van der Waals surface area contributed by atoms with E-state index in [4.69, 9.17) is 15.7 Å². The van der Waals surface area contributed by atoms with Crippen molar-refractivity contribution in [3.63, 3.8) is 0 Å². The molecule has 4 rings (SSSR count). The highest BCUT2D eigenvalue weighted by molar-refractivity contribution is 6.35. The second kappa shape index (κ2) is 6.91. The van der Waals surface area contributed by atoms with E-state index in [0.717, 1.165) is 27.5 Å². The van der Waals surface area contributed by atoms with Gasteiger partial charge in [-0.2, -0.15) is 0 Å². The summed E-state index contributed by atoms with van der Waals surface area (Å²) in [5.74, 6) is 0.